The van der Waals surface area contributed by atoms with Crippen molar-refractivity contribution in [1.82, 2.24) is 20.0 Å². The molecule has 0 saturated carbocycles. The normalized spacial score (nSPS) is 14.2. The molecule has 0 radical (unpaired) electrons. The summed E-state index contributed by atoms with van der Waals surface area (Å²) in [6, 6.07) is 13.2. The summed E-state index contributed by atoms with van der Waals surface area (Å²) in [5, 5.41) is 3.76. The number of benzene rings is 2. The molecule has 35 heavy (non-hydrogen) atoms. The van der Waals surface area contributed by atoms with Gasteiger partial charge in [-0.25, -0.2) is 9.78 Å². The maximum Gasteiger partial charge on any atom is 0.439 e. The molecule has 4 aromatic rings. The van der Waals surface area contributed by atoms with E-state index < -0.39 is 5.76 Å². The van der Waals surface area contributed by atoms with Crippen LogP contribution in [0.25, 0.3) is 22.8 Å². The van der Waals surface area contributed by atoms with Crippen LogP contribution >= 0.6 is 0 Å². The van der Waals surface area contributed by atoms with Crippen LogP contribution in [0.5, 0.6) is 11.5 Å². The van der Waals surface area contributed by atoms with Gasteiger partial charge in [0.2, 0.25) is 5.89 Å². The Morgan fingerprint density at radius 3 is 2.51 bits per heavy atom. The maximum absolute atomic E-state index is 11.3. The van der Waals surface area contributed by atoms with E-state index in [1.54, 1.807) is 7.11 Å². The molecule has 0 bridgehead atoms. The number of likely N-dealkylation sites (tertiary alicyclic amines) is 1. The van der Waals surface area contributed by atoms with Crippen molar-refractivity contribution in [1.29, 1.82) is 0 Å². The van der Waals surface area contributed by atoms with Crippen LogP contribution in [-0.4, -0.2) is 40.2 Å². The molecular formula is C26H28N4O5. The summed E-state index contributed by atoms with van der Waals surface area (Å²) in [6.45, 7) is 5.04. The number of aromatic amines is 1. The second-order valence-corrected chi connectivity index (χ2v) is 8.66. The van der Waals surface area contributed by atoms with E-state index in [2.05, 4.69) is 19.6 Å². The summed E-state index contributed by atoms with van der Waals surface area (Å²) in [6.07, 6.45) is 3.69. The Morgan fingerprint density at radius 2 is 1.83 bits per heavy atom. The first kappa shape index (κ1) is 22.9. The molecule has 2 aromatic carbocycles. The molecule has 0 atom stereocenters. The molecule has 1 aliphatic heterocycles. The SMILES string of the molecule is COc1ccc(-c2nc(CN3CCCCC3)c(COc3ccc(-c4noc(=O)[nH]4)c(C)c3)o2)cc1. The first-order chi connectivity index (χ1) is 17.1. The number of nitrogens with zero attached hydrogens (tertiary/aromatic N) is 3. The molecule has 1 N–H and O–H groups in total. The third-order valence-corrected chi connectivity index (χ3v) is 6.20. The molecule has 5 rings (SSSR count). The number of H-pyrrole nitrogens is 1. The Hall–Kier alpha value is -3.85. The summed E-state index contributed by atoms with van der Waals surface area (Å²) in [7, 11) is 1.64. The van der Waals surface area contributed by atoms with E-state index in [0.717, 1.165) is 47.8 Å². The number of hydrogen-bond donors (Lipinski definition) is 1. The number of aryl methyl sites for hydroxylation is 1. The van der Waals surface area contributed by atoms with Crippen LogP contribution in [0.15, 0.2) is 56.2 Å². The number of oxazole rings is 1. The number of aromatic nitrogens is 3. The van der Waals surface area contributed by atoms with Crippen LogP contribution in [0, 0.1) is 6.92 Å². The average Bonchev–Trinajstić information content (AvgIpc) is 3.49. The van der Waals surface area contributed by atoms with Gasteiger partial charge in [0, 0.05) is 17.7 Å². The number of hydrogen-bond acceptors (Lipinski definition) is 8. The Morgan fingerprint density at radius 1 is 1.06 bits per heavy atom. The fourth-order valence-corrected chi connectivity index (χ4v) is 4.29. The molecule has 1 saturated heterocycles. The van der Waals surface area contributed by atoms with E-state index in [0.29, 0.717) is 23.2 Å². The van der Waals surface area contributed by atoms with Gasteiger partial charge in [0.15, 0.2) is 11.6 Å². The number of nitrogens with one attached hydrogen (secondary N) is 1. The number of ether oxygens (including phenoxy) is 2. The van der Waals surface area contributed by atoms with E-state index in [1.807, 2.05) is 49.4 Å². The highest BCUT2D eigenvalue weighted by atomic mass is 16.5. The lowest BCUT2D eigenvalue weighted by Crippen LogP contribution is -2.29. The summed E-state index contributed by atoms with van der Waals surface area (Å²) in [4.78, 5) is 21.1. The lowest BCUT2D eigenvalue weighted by Gasteiger charge is -2.25. The largest absolute Gasteiger partial charge is 0.497 e. The molecule has 0 spiro atoms. The summed E-state index contributed by atoms with van der Waals surface area (Å²) >= 11 is 0. The Balaban J connectivity index is 1.36. The molecule has 0 aliphatic carbocycles. The smallest absolute Gasteiger partial charge is 0.439 e. The molecule has 182 valence electrons. The zero-order valence-corrected chi connectivity index (χ0v) is 19.9. The highest BCUT2D eigenvalue weighted by molar-refractivity contribution is 5.60. The van der Waals surface area contributed by atoms with E-state index in [4.69, 9.17) is 18.9 Å². The lowest BCUT2D eigenvalue weighted by atomic mass is 10.1. The molecule has 9 heteroatoms. The summed E-state index contributed by atoms with van der Waals surface area (Å²) in [5.41, 5.74) is 3.46. The van der Waals surface area contributed by atoms with Gasteiger partial charge in [-0.2, -0.15) is 0 Å². The summed E-state index contributed by atoms with van der Waals surface area (Å²) < 4.78 is 22.2. The van der Waals surface area contributed by atoms with Gasteiger partial charge in [0.05, 0.1) is 7.11 Å². The fraction of sp³-hybridized carbons (Fsp3) is 0.346. The van der Waals surface area contributed by atoms with Crippen molar-refractivity contribution < 1.29 is 18.4 Å². The van der Waals surface area contributed by atoms with Gasteiger partial charge in [-0.05, 0) is 80.9 Å². The van der Waals surface area contributed by atoms with Gasteiger partial charge in [0.1, 0.15) is 23.8 Å². The minimum Gasteiger partial charge on any atom is -0.497 e. The highest BCUT2D eigenvalue weighted by Crippen LogP contribution is 2.28. The second-order valence-electron chi connectivity index (χ2n) is 8.66. The van der Waals surface area contributed by atoms with Gasteiger partial charge < -0.3 is 13.9 Å². The third kappa shape index (κ3) is 5.30. The van der Waals surface area contributed by atoms with Crippen molar-refractivity contribution in [2.75, 3.05) is 20.2 Å². The highest BCUT2D eigenvalue weighted by Gasteiger charge is 2.20. The van der Waals surface area contributed by atoms with E-state index in [9.17, 15) is 4.79 Å². The third-order valence-electron chi connectivity index (χ3n) is 6.20. The fourth-order valence-electron chi connectivity index (χ4n) is 4.29. The zero-order valence-electron chi connectivity index (χ0n) is 19.9. The van der Waals surface area contributed by atoms with Crippen LogP contribution in [0.3, 0.4) is 0 Å². The Labute approximate surface area is 202 Å². The van der Waals surface area contributed by atoms with E-state index in [1.165, 1.54) is 19.3 Å². The first-order valence-electron chi connectivity index (χ1n) is 11.7. The van der Waals surface area contributed by atoms with Crippen LogP contribution in [-0.2, 0) is 13.2 Å². The van der Waals surface area contributed by atoms with Crippen LogP contribution in [0.4, 0.5) is 0 Å². The van der Waals surface area contributed by atoms with Crippen LogP contribution in [0.2, 0.25) is 0 Å². The van der Waals surface area contributed by atoms with Crippen molar-refractivity contribution >= 4 is 0 Å². The van der Waals surface area contributed by atoms with Gasteiger partial charge in [-0.3, -0.25) is 14.4 Å². The molecular weight excluding hydrogens is 448 g/mol. The zero-order chi connectivity index (χ0) is 24.2. The Bertz CT molecular complexity index is 1330. The minimum absolute atomic E-state index is 0.256. The van der Waals surface area contributed by atoms with Crippen LogP contribution in [0.1, 0.15) is 36.3 Å². The molecule has 0 amide bonds. The molecule has 1 aliphatic rings. The molecule has 3 heterocycles. The molecule has 9 nitrogen and oxygen atoms in total. The van der Waals surface area contributed by atoms with Crippen molar-refractivity contribution in [3.05, 3.63) is 70.0 Å². The Kier molecular flexibility index (Phi) is 6.67. The minimum atomic E-state index is -0.584. The molecule has 0 unspecified atom stereocenters. The lowest BCUT2D eigenvalue weighted by molar-refractivity contribution is 0.213. The van der Waals surface area contributed by atoms with Crippen molar-refractivity contribution in [3.8, 4) is 34.3 Å². The van der Waals surface area contributed by atoms with Crippen molar-refractivity contribution in [3.63, 3.8) is 0 Å². The standard InChI is InChI=1S/C26H28N4O5/c1-17-14-20(10-11-21(17)24-28-26(31)35-29-24)33-16-23-22(15-30-12-4-3-5-13-30)27-25(34-23)18-6-8-19(32-2)9-7-18/h6-11,14H,3-5,12-13,15-16H2,1-2H3,(H,28,29,31). The average molecular weight is 477 g/mol. The van der Waals surface area contributed by atoms with E-state index >= 15 is 0 Å². The second kappa shape index (κ2) is 10.2. The van der Waals surface area contributed by atoms with E-state index in [-0.39, 0.29) is 6.61 Å². The monoisotopic (exact) mass is 476 g/mol. The predicted octanol–water partition coefficient (Wildman–Crippen LogP) is 4.57. The molecule has 2 aromatic heterocycles. The van der Waals surface area contributed by atoms with Crippen molar-refractivity contribution in [2.24, 2.45) is 0 Å². The topological polar surface area (TPSA) is 107 Å². The summed E-state index contributed by atoms with van der Waals surface area (Å²) in [5.74, 6) is 2.55. The number of piperidine rings is 1. The van der Waals surface area contributed by atoms with Crippen molar-refractivity contribution in [2.45, 2.75) is 39.3 Å². The van der Waals surface area contributed by atoms with Gasteiger partial charge in [-0.15, -0.1) is 0 Å². The predicted molar refractivity (Wildman–Crippen MR) is 129 cm³/mol. The maximum atomic E-state index is 11.3. The first-order valence-corrected chi connectivity index (χ1v) is 11.7. The quantitative estimate of drug-likeness (QED) is 0.394. The van der Waals surface area contributed by atoms with Gasteiger partial charge in [-0.1, -0.05) is 11.6 Å². The van der Waals surface area contributed by atoms with Gasteiger partial charge in [0.25, 0.3) is 0 Å². The molecule has 1 fully saturated rings. The number of rotatable bonds is 8. The number of methoxy groups -OCH3 is 1. The van der Waals surface area contributed by atoms with Gasteiger partial charge >= 0.3 is 5.76 Å². The van der Waals surface area contributed by atoms with Crippen LogP contribution < -0.4 is 15.2 Å².